The van der Waals surface area contributed by atoms with Crippen LogP contribution in [0.25, 0.3) is 0 Å². The second-order valence-electron chi connectivity index (χ2n) is 2.73. The molecule has 0 N–H and O–H groups in total. The zero-order valence-corrected chi connectivity index (χ0v) is 7.50. The van der Waals surface area contributed by atoms with Gasteiger partial charge in [-0.2, -0.15) is 0 Å². The third-order valence-corrected chi connectivity index (χ3v) is 1.93. The van der Waals surface area contributed by atoms with E-state index in [-0.39, 0.29) is 12.1 Å². The van der Waals surface area contributed by atoms with Gasteiger partial charge in [0, 0.05) is 12.7 Å². The van der Waals surface area contributed by atoms with E-state index >= 15 is 0 Å². The number of hydrogen-bond donors (Lipinski definition) is 0. The largest absolute Gasteiger partial charge is 0.463 e. The molecule has 1 atom stereocenters. The number of esters is 1. The number of carbonyl (C=O) groups is 1. The molecule has 1 rings (SSSR count). The molecule has 0 aromatic rings. The molecule has 0 aromatic carbocycles. The summed E-state index contributed by atoms with van der Waals surface area (Å²) in [5.74, 6) is -0.197. The van der Waals surface area contributed by atoms with Crippen molar-refractivity contribution in [3.63, 3.8) is 0 Å². The lowest BCUT2D eigenvalue weighted by atomic mass is 10.2. The Bertz CT molecular complexity index is 196. The predicted molar refractivity (Wildman–Crippen MR) is 44.7 cm³/mol. The Kier molecular flexibility index (Phi) is 3.29. The lowest BCUT2D eigenvalue weighted by molar-refractivity contribution is -0.138. The maximum atomic E-state index is 11.2. The Morgan fingerprint density at radius 3 is 3.00 bits per heavy atom. The fraction of sp³-hybridized carbons (Fsp3) is 0.667. The second kappa shape index (κ2) is 4.26. The molecule has 0 aliphatic heterocycles. The van der Waals surface area contributed by atoms with Crippen molar-refractivity contribution < 1.29 is 14.3 Å². The van der Waals surface area contributed by atoms with E-state index in [2.05, 4.69) is 0 Å². The smallest absolute Gasteiger partial charge is 0.333 e. The van der Waals surface area contributed by atoms with Crippen molar-refractivity contribution >= 4 is 5.97 Å². The van der Waals surface area contributed by atoms with Crippen LogP contribution >= 0.6 is 0 Å². The van der Waals surface area contributed by atoms with Gasteiger partial charge in [-0.1, -0.05) is 0 Å². The first-order valence-electron chi connectivity index (χ1n) is 4.18. The molecule has 12 heavy (non-hydrogen) atoms. The molecule has 0 fully saturated rings. The van der Waals surface area contributed by atoms with Gasteiger partial charge in [0.1, 0.15) is 0 Å². The van der Waals surface area contributed by atoms with Gasteiger partial charge in [0.2, 0.25) is 0 Å². The summed E-state index contributed by atoms with van der Waals surface area (Å²) >= 11 is 0. The van der Waals surface area contributed by atoms with E-state index in [0.29, 0.717) is 6.61 Å². The van der Waals surface area contributed by atoms with Crippen LogP contribution in [0.1, 0.15) is 19.8 Å². The quantitative estimate of drug-likeness (QED) is 0.598. The van der Waals surface area contributed by atoms with Crippen LogP contribution in [0.2, 0.25) is 0 Å². The van der Waals surface area contributed by atoms with Crippen molar-refractivity contribution in [2.75, 3.05) is 13.7 Å². The van der Waals surface area contributed by atoms with Gasteiger partial charge >= 0.3 is 5.97 Å². The number of hydrogen-bond acceptors (Lipinski definition) is 3. The standard InChI is InChI=1S/C9H14O3/c1-3-12-9(10)7-4-5-8(6-7)11-2/h6,8H,3-5H2,1-2H3. The van der Waals surface area contributed by atoms with Gasteiger partial charge in [0.05, 0.1) is 12.7 Å². The Hall–Kier alpha value is -0.830. The normalized spacial score (nSPS) is 22.2. The van der Waals surface area contributed by atoms with Crippen LogP contribution < -0.4 is 0 Å². The fourth-order valence-corrected chi connectivity index (χ4v) is 1.27. The number of carbonyl (C=O) groups excluding carboxylic acids is 1. The molecule has 1 aliphatic rings. The van der Waals surface area contributed by atoms with Gasteiger partial charge in [-0.25, -0.2) is 4.79 Å². The summed E-state index contributed by atoms with van der Waals surface area (Å²) < 4.78 is 9.94. The van der Waals surface area contributed by atoms with Crippen molar-refractivity contribution in [2.45, 2.75) is 25.9 Å². The van der Waals surface area contributed by atoms with Crippen molar-refractivity contribution in [3.8, 4) is 0 Å². The number of methoxy groups -OCH3 is 1. The molecule has 3 heteroatoms. The molecule has 0 amide bonds. The number of rotatable bonds is 3. The van der Waals surface area contributed by atoms with Gasteiger partial charge in [-0.15, -0.1) is 0 Å². The molecular formula is C9H14O3. The van der Waals surface area contributed by atoms with E-state index in [1.54, 1.807) is 14.0 Å². The Balaban J connectivity index is 2.48. The Morgan fingerprint density at radius 1 is 1.75 bits per heavy atom. The summed E-state index contributed by atoms with van der Waals surface area (Å²) in [5, 5.41) is 0. The van der Waals surface area contributed by atoms with Crippen molar-refractivity contribution in [3.05, 3.63) is 11.6 Å². The summed E-state index contributed by atoms with van der Waals surface area (Å²) in [4.78, 5) is 11.2. The molecule has 68 valence electrons. The van der Waals surface area contributed by atoms with Crippen molar-refractivity contribution in [2.24, 2.45) is 0 Å². The minimum absolute atomic E-state index is 0.101. The lowest BCUT2D eigenvalue weighted by Crippen LogP contribution is -2.05. The molecule has 3 nitrogen and oxygen atoms in total. The minimum atomic E-state index is -0.197. The third kappa shape index (κ3) is 2.08. The fourth-order valence-electron chi connectivity index (χ4n) is 1.27. The van der Waals surface area contributed by atoms with Crippen LogP contribution in [-0.4, -0.2) is 25.8 Å². The Labute approximate surface area is 72.4 Å². The molecule has 0 saturated carbocycles. The monoisotopic (exact) mass is 170 g/mol. The highest BCUT2D eigenvalue weighted by Gasteiger charge is 2.20. The summed E-state index contributed by atoms with van der Waals surface area (Å²) in [6.45, 7) is 2.25. The summed E-state index contributed by atoms with van der Waals surface area (Å²) in [6, 6.07) is 0. The Morgan fingerprint density at radius 2 is 2.50 bits per heavy atom. The first-order chi connectivity index (χ1) is 5.77. The second-order valence-corrected chi connectivity index (χ2v) is 2.73. The van der Waals surface area contributed by atoms with Gasteiger partial charge < -0.3 is 9.47 Å². The van der Waals surface area contributed by atoms with Crippen LogP contribution in [0.5, 0.6) is 0 Å². The lowest BCUT2D eigenvalue weighted by Gasteiger charge is -2.00. The molecule has 0 radical (unpaired) electrons. The van der Waals surface area contributed by atoms with E-state index in [1.165, 1.54) is 0 Å². The van der Waals surface area contributed by atoms with Gasteiger partial charge in [0.15, 0.2) is 0 Å². The van der Waals surface area contributed by atoms with Crippen LogP contribution in [-0.2, 0) is 14.3 Å². The maximum Gasteiger partial charge on any atom is 0.333 e. The van der Waals surface area contributed by atoms with Gasteiger partial charge in [0.25, 0.3) is 0 Å². The summed E-state index contributed by atoms with van der Waals surface area (Å²) in [6.07, 6.45) is 3.62. The highest BCUT2D eigenvalue weighted by atomic mass is 16.5. The van der Waals surface area contributed by atoms with Crippen molar-refractivity contribution in [1.29, 1.82) is 0 Å². The molecule has 0 heterocycles. The average Bonchev–Trinajstić information content (AvgIpc) is 2.52. The first kappa shape index (κ1) is 9.26. The van der Waals surface area contributed by atoms with Crippen LogP contribution in [0, 0.1) is 0 Å². The van der Waals surface area contributed by atoms with Crippen LogP contribution in [0.15, 0.2) is 11.6 Å². The molecular weight excluding hydrogens is 156 g/mol. The molecule has 1 unspecified atom stereocenters. The molecule has 0 saturated heterocycles. The number of ether oxygens (including phenoxy) is 2. The average molecular weight is 170 g/mol. The molecule has 0 aromatic heterocycles. The molecule has 0 spiro atoms. The van der Waals surface area contributed by atoms with E-state index < -0.39 is 0 Å². The summed E-state index contributed by atoms with van der Waals surface area (Å²) in [5.41, 5.74) is 0.753. The predicted octanol–water partition coefficient (Wildman–Crippen LogP) is 1.28. The molecule has 1 aliphatic carbocycles. The van der Waals surface area contributed by atoms with Crippen LogP contribution in [0.3, 0.4) is 0 Å². The van der Waals surface area contributed by atoms with Crippen LogP contribution in [0.4, 0.5) is 0 Å². The van der Waals surface area contributed by atoms with E-state index in [4.69, 9.17) is 9.47 Å². The van der Waals surface area contributed by atoms with E-state index in [9.17, 15) is 4.79 Å². The third-order valence-electron chi connectivity index (χ3n) is 1.93. The van der Waals surface area contributed by atoms with E-state index in [1.807, 2.05) is 6.08 Å². The van der Waals surface area contributed by atoms with Gasteiger partial charge in [-0.3, -0.25) is 0 Å². The van der Waals surface area contributed by atoms with Gasteiger partial charge in [-0.05, 0) is 25.8 Å². The SMILES string of the molecule is CCOC(=O)C1=CC(OC)CC1. The molecule has 0 bridgehead atoms. The highest BCUT2D eigenvalue weighted by molar-refractivity contribution is 5.89. The zero-order chi connectivity index (χ0) is 8.97. The maximum absolute atomic E-state index is 11.2. The highest BCUT2D eigenvalue weighted by Crippen LogP contribution is 2.21. The zero-order valence-electron chi connectivity index (χ0n) is 7.50. The summed E-state index contributed by atoms with van der Waals surface area (Å²) in [7, 11) is 1.65. The first-order valence-corrected chi connectivity index (χ1v) is 4.18. The topological polar surface area (TPSA) is 35.5 Å². The van der Waals surface area contributed by atoms with Crippen molar-refractivity contribution in [1.82, 2.24) is 0 Å². The van der Waals surface area contributed by atoms with E-state index in [0.717, 1.165) is 18.4 Å². The minimum Gasteiger partial charge on any atom is -0.463 e.